The molecular formula is C15H15FN2O4. The fourth-order valence-electron chi connectivity index (χ4n) is 1.89. The van der Waals surface area contributed by atoms with Gasteiger partial charge in [0.2, 0.25) is 0 Å². The number of carboxylic acid groups (broad SMARTS) is 1. The van der Waals surface area contributed by atoms with Crippen LogP contribution in [0.15, 0.2) is 24.4 Å². The van der Waals surface area contributed by atoms with Crippen molar-refractivity contribution < 1.29 is 23.8 Å². The van der Waals surface area contributed by atoms with E-state index in [9.17, 15) is 19.1 Å². The molecule has 2 rings (SSSR count). The van der Waals surface area contributed by atoms with Crippen LogP contribution in [0.1, 0.15) is 31.1 Å². The van der Waals surface area contributed by atoms with Crippen molar-refractivity contribution in [1.82, 2.24) is 4.98 Å². The molecule has 0 spiro atoms. The number of hydrogen-bond donors (Lipinski definition) is 2. The number of aromatic carboxylic acids is 1. The molecule has 1 amide bonds. The monoisotopic (exact) mass is 306 g/mol. The van der Waals surface area contributed by atoms with Crippen molar-refractivity contribution in [2.24, 2.45) is 0 Å². The maximum Gasteiger partial charge on any atom is 0.412 e. The number of nitrogens with one attached hydrogen (secondary N) is 1. The van der Waals surface area contributed by atoms with Gasteiger partial charge in [0.25, 0.3) is 0 Å². The number of fused-ring (bicyclic) bond motifs is 1. The highest BCUT2D eigenvalue weighted by Gasteiger charge is 2.21. The maximum absolute atomic E-state index is 13.8. The van der Waals surface area contributed by atoms with E-state index in [1.165, 1.54) is 18.2 Å². The topological polar surface area (TPSA) is 88.5 Å². The van der Waals surface area contributed by atoms with E-state index in [-0.39, 0.29) is 22.2 Å². The second kappa shape index (κ2) is 5.59. The van der Waals surface area contributed by atoms with Gasteiger partial charge in [-0.3, -0.25) is 10.3 Å². The molecule has 6 nitrogen and oxygen atoms in total. The first-order valence-corrected chi connectivity index (χ1v) is 6.49. The van der Waals surface area contributed by atoms with Gasteiger partial charge < -0.3 is 9.84 Å². The normalized spacial score (nSPS) is 11.3. The Kier molecular flexibility index (Phi) is 3.99. The molecule has 2 N–H and O–H groups in total. The van der Waals surface area contributed by atoms with Gasteiger partial charge in [-0.25, -0.2) is 14.0 Å². The number of anilines is 1. The molecule has 7 heteroatoms. The van der Waals surface area contributed by atoms with Crippen molar-refractivity contribution in [1.29, 1.82) is 0 Å². The van der Waals surface area contributed by atoms with Crippen molar-refractivity contribution in [3.05, 3.63) is 35.8 Å². The summed E-state index contributed by atoms with van der Waals surface area (Å²) in [5.41, 5.74) is -1.07. The Hall–Kier alpha value is -2.70. The summed E-state index contributed by atoms with van der Waals surface area (Å²) in [7, 11) is 0. The van der Waals surface area contributed by atoms with Crippen LogP contribution in [-0.4, -0.2) is 27.8 Å². The van der Waals surface area contributed by atoms with Gasteiger partial charge in [0, 0.05) is 11.6 Å². The molecule has 22 heavy (non-hydrogen) atoms. The zero-order valence-electron chi connectivity index (χ0n) is 12.3. The highest BCUT2D eigenvalue weighted by Crippen LogP contribution is 2.28. The molecule has 1 aromatic heterocycles. The molecule has 0 aliphatic heterocycles. The number of hydrogen-bond acceptors (Lipinski definition) is 4. The van der Waals surface area contributed by atoms with Crippen molar-refractivity contribution in [3.63, 3.8) is 0 Å². The van der Waals surface area contributed by atoms with E-state index in [0.717, 1.165) is 6.20 Å². The van der Waals surface area contributed by atoms with Gasteiger partial charge in [0.15, 0.2) is 0 Å². The van der Waals surface area contributed by atoms with E-state index in [1.807, 2.05) is 0 Å². The summed E-state index contributed by atoms with van der Waals surface area (Å²) in [6, 6.07) is 4.09. The first kappa shape index (κ1) is 15.7. The molecule has 0 aliphatic carbocycles. The Bertz CT molecular complexity index is 753. The van der Waals surface area contributed by atoms with Crippen molar-refractivity contribution in [2.75, 3.05) is 5.32 Å². The van der Waals surface area contributed by atoms with Gasteiger partial charge >= 0.3 is 12.1 Å². The number of para-hydroxylation sites is 1. The molecule has 2 aromatic rings. The van der Waals surface area contributed by atoms with Crippen LogP contribution >= 0.6 is 0 Å². The van der Waals surface area contributed by atoms with E-state index in [4.69, 9.17) is 4.74 Å². The van der Waals surface area contributed by atoms with E-state index < -0.39 is 23.5 Å². The summed E-state index contributed by atoms with van der Waals surface area (Å²) >= 11 is 0. The molecule has 0 aliphatic rings. The smallest absolute Gasteiger partial charge is 0.412 e. The fraction of sp³-hybridized carbons (Fsp3) is 0.267. The highest BCUT2D eigenvalue weighted by molar-refractivity contribution is 6.08. The molecule has 0 fully saturated rings. The highest BCUT2D eigenvalue weighted by atomic mass is 19.1. The van der Waals surface area contributed by atoms with Crippen LogP contribution in [0.25, 0.3) is 10.9 Å². The summed E-state index contributed by atoms with van der Waals surface area (Å²) in [6.07, 6.45) is 0.173. The van der Waals surface area contributed by atoms with Gasteiger partial charge in [0.1, 0.15) is 22.5 Å². The van der Waals surface area contributed by atoms with Crippen LogP contribution < -0.4 is 5.32 Å². The van der Waals surface area contributed by atoms with Gasteiger partial charge in [-0.2, -0.15) is 0 Å². The third-order valence-electron chi connectivity index (χ3n) is 2.70. The number of pyridine rings is 1. The lowest BCUT2D eigenvalue weighted by molar-refractivity contribution is 0.0636. The molecule has 0 unspecified atom stereocenters. The quantitative estimate of drug-likeness (QED) is 0.887. The molecule has 0 atom stereocenters. The van der Waals surface area contributed by atoms with Crippen LogP contribution in [0.4, 0.5) is 14.9 Å². The molecule has 0 saturated heterocycles. The van der Waals surface area contributed by atoms with E-state index >= 15 is 0 Å². The standard InChI is InChI=1S/C15H15FN2O4/c1-15(2,3)22-14(21)18-11-8-5-4-6-10(16)12(8)17-7-9(11)13(19)20/h4-7H,1-3H3,(H,19,20)(H,17,18,21). The lowest BCUT2D eigenvalue weighted by Gasteiger charge is -2.20. The van der Waals surface area contributed by atoms with Gasteiger partial charge in [-0.15, -0.1) is 0 Å². The zero-order valence-corrected chi connectivity index (χ0v) is 12.3. The van der Waals surface area contributed by atoms with Crippen LogP contribution in [0.3, 0.4) is 0 Å². The number of rotatable bonds is 2. The third-order valence-corrected chi connectivity index (χ3v) is 2.70. The number of halogens is 1. The average molecular weight is 306 g/mol. The van der Waals surface area contributed by atoms with Crippen molar-refractivity contribution >= 4 is 28.7 Å². The lowest BCUT2D eigenvalue weighted by atomic mass is 10.1. The van der Waals surface area contributed by atoms with Gasteiger partial charge in [-0.05, 0) is 26.8 Å². The van der Waals surface area contributed by atoms with Crippen LogP contribution in [0.2, 0.25) is 0 Å². The molecule has 1 heterocycles. The minimum Gasteiger partial charge on any atom is -0.478 e. The van der Waals surface area contributed by atoms with Crippen molar-refractivity contribution in [3.8, 4) is 0 Å². The predicted octanol–water partition coefficient (Wildman–Crippen LogP) is 3.42. The Morgan fingerprint density at radius 3 is 2.59 bits per heavy atom. The number of carbonyl (C=O) groups excluding carboxylic acids is 1. The Morgan fingerprint density at radius 1 is 1.32 bits per heavy atom. The van der Waals surface area contributed by atoms with Crippen LogP contribution in [0.5, 0.6) is 0 Å². The third kappa shape index (κ3) is 3.30. The SMILES string of the molecule is CC(C)(C)OC(=O)Nc1c(C(=O)O)cnc2c(F)cccc12. The minimum absolute atomic E-state index is 0.0291. The summed E-state index contributed by atoms with van der Waals surface area (Å²) in [5.74, 6) is -1.90. The number of aromatic nitrogens is 1. The molecule has 0 bridgehead atoms. The summed E-state index contributed by atoms with van der Waals surface area (Å²) in [4.78, 5) is 27.0. The maximum atomic E-state index is 13.8. The molecule has 0 saturated carbocycles. The average Bonchev–Trinajstić information content (AvgIpc) is 2.37. The van der Waals surface area contributed by atoms with Crippen LogP contribution in [-0.2, 0) is 4.74 Å². The number of carboxylic acids is 1. The Balaban J connectivity index is 2.54. The van der Waals surface area contributed by atoms with Gasteiger partial charge in [-0.1, -0.05) is 12.1 Å². The molecule has 0 radical (unpaired) electrons. The number of amides is 1. The van der Waals surface area contributed by atoms with E-state index in [2.05, 4.69) is 10.3 Å². The van der Waals surface area contributed by atoms with E-state index in [1.54, 1.807) is 20.8 Å². The summed E-state index contributed by atoms with van der Waals surface area (Å²) in [5, 5.41) is 11.8. The predicted molar refractivity (Wildman–Crippen MR) is 78.5 cm³/mol. The first-order chi connectivity index (χ1) is 10.2. The lowest BCUT2D eigenvalue weighted by Crippen LogP contribution is -2.28. The summed E-state index contributed by atoms with van der Waals surface area (Å²) in [6.45, 7) is 5.03. The first-order valence-electron chi connectivity index (χ1n) is 6.49. The molecular weight excluding hydrogens is 291 g/mol. The van der Waals surface area contributed by atoms with E-state index in [0.29, 0.717) is 0 Å². The number of benzene rings is 1. The number of ether oxygens (including phenoxy) is 1. The summed E-state index contributed by atoms with van der Waals surface area (Å²) < 4.78 is 18.9. The van der Waals surface area contributed by atoms with Crippen molar-refractivity contribution in [2.45, 2.75) is 26.4 Å². The van der Waals surface area contributed by atoms with Gasteiger partial charge in [0.05, 0.1) is 5.69 Å². The fourth-order valence-corrected chi connectivity index (χ4v) is 1.89. The zero-order chi connectivity index (χ0) is 16.5. The minimum atomic E-state index is -1.29. The van der Waals surface area contributed by atoms with Crippen LogP contribution in [0, 0.1) is 5.82 Å². The Morgan fingerprint density at radius 2 is 2.00 bits per heavy atom. The number of nitrogens with zero attached hydrogens (tertiary/aromatic N) is 1. The largest absolute Gasteiger partial charge is 0.478 e. The Labute approximate surface area is 125 Å². The molecule has 116 valence electrons. The second-order valence-electron chi connectivity index (χ2n) is 5.61. The second-order valence-corrected chi connectivity index (χ2v) is 5.61. The number of carbonyl (C=O) groups is 2. The molecule has 1 aromatic carbocycles.